The molecule has 0 radical (unpaired) electrons. The van der Waals surface area contributed by atoms with Gasteiger partial charge in [0, 0.05) is 12.8 Å². The SMILES string of the molecule is CCCCC/C=C/C/C=C/CCCCCCCCCC(=O)OC[C@H](COP(=O)(O)OC[C@@H](O)CO)OC(=O)CCCCCCC/C=C/C=C/CCCCCC. The fourth-order valence-corrected chi connectivity index (χ4v) is 6.39. The van der Waals surface area contributed by atoms with E-state index in [0.29, 0.717) is 12.8 Å². The third-order valence-corrected chi connectivity index (χ3v) is 9.93. The molecule has 11 heteroatoms. The minimum atomic E-state index is -4.62. The van der Waals surface area contributed by atoms with Crippen LogP contribution in [0.1, 0.15) is 181 Å². The number of rotatable bonds is 40. The molecule has 0 aromatic rings. The highest BCUT2D eigenvalue weighted by Gasteiger charge is 2.27. The number of carbonyl (C=O) groups is 2. The van der Waals surface area contributed by atoms with Crippen molar-refractivity contribution in [2.75, 3.05) is 26.4 Å². The number of hydrogen-bond acceptors (Lipinski definition) is 9. The van der Waals surface area contributed by atoms with Gasteiger partial charge in [0.15, 0.2) is 6.10 Å². The second-order valence-corrected chi connectivity index (χ2v) is 15.8. The third-order valence-electron chi connectivity index (χ3n) is 8.98. The summed E-state index contributed by atoms with van der Waals surface area (Å²) in [6.07, 6.45) is 42.1. The van der Waals surface area contributed by atoms with Gasteiger partial charge < -0.3 is 24.6 Å². The van der Waals surface area contributed by atoms with Gasteiger partial charge in [0.1, 0.15) is 12.7 Å². The van der Waals surface area contributed by atoms with Gasteiger partial charge in [-0.25, -0.2) is 4.57 Å². The molecule has 0 rings (SSSR count). The van der Waals surface area contributed by atoms with Gasteiger partial charge >= 0.3 is 19.8 Å². The van der Waals surface area contributed by atoms with Gasteiger partial charge in [-0.1, -0.05) is 146 Å². The van der Waals surface area contributed by atoms with Crippen LogP contribution in [-0.4, -0.2) is 65.7 Å². The van der Waals surface area contributed by atoms with Gasteiger partial charge in [0.25, 0.3) is 0 Å². The monoisotopic (exact) mass is 799 g/mol. The van der Waals surface area contributed by atoms with Crippen LogP contribution >= 0.6 is 7.82 Å². The molecule has 55 heavy (non-hydrogen) atoms. The van der Waals surface area contributed by atoms with Crippen LogP contribution in [0.25, 0.3) is 0 Å². The molecule has 0 heterocycles. The van der Waals surface area contributed by atoms with Crippen molar-refractivity contribution in [3.63, 3.8) is 0 Å². The molecule has 0 saturated heterocycles. The van der Waals surface area contributed by atoms with Crippen LogP contribution in [-0.2, 0) is 32.7 Å². The summed E-state index contributed by atoms with van der Waals surface area (Å²) in [6.45, 7) is 2.30. The maximum Gasteiger partial charge on any atom is 0.472 e. The van der Waals surface area contributed by atoms with Crippen LogP contribution < -0.4 is 0 Å². The average Bonchev–Trinajstić information content (AvgIpc) is 3.17. The predicted molar refractivity (Wildman–Crippen MR) is 224 cm³/mol. The first-order chi connectivity index (χ1) is 26.7. The van der Waals surface area contributed by atoms with E-state index in [0.717, 1.165) is 70.6 Å². The normalized spacial score (nSPS) is 14.3. The zero-order valence-corrected chi connectivity index (χ0v) is 35.5. The molecule has 10 nitrogen and oxygen atoms in total. The van der Waals surface area contributed by atoms with Crippen molar-refractivity contribution in [1.82, 2.24) is 0 Å². The first-order valence-corrected chi connectivity index (χ1v) is 23.1. The van der Waals surface area contributed by atoms with E-state index in [1.54, 1.807) is 0 Å². The summed E-state index contributed by atoms with van der Waals surface area (Å²) in [6, 6.07) is 0. The molecular weight excluding hydrogens is 719 g/mol. The summed E-state index contributed by atoms with van der Waals surface area (Å²) in [4.78, 5) is 35.0. The van der Waals surface area contributed by atoms with Gasteiger partial charge in [0.2, 0.25) is 0 Å². The molecule has 0 aliphatic heterocycles. The molecule has 320 valence electrons. The number of ether oxygens (including phenoxy) is 2. The molecule has 0 saturated carbocycles. The Morgan fingerprint density at radius 1 is 0.564 bits per heavy atom. The lowest BCUT2D eigenvalue weighted by Gasteiger charge is -2.20. The summed E-state index contributed by atoms with van der Waals surface area (Å²) >= 11 is 0. The lowest BCUT2D eigenvalue weighted by Crippen LogP contribution is -2.29. The van der Waals surface area contributed by atoms with Crippen LogP contribution in [0.3, 0.4) is 0 Å². The molecule has 3 atom stereocenters. The van der Waals surface area contributed by atoms with E-state index in [1.165, 1.54) is 70.6 Å². The van der Waals surface area contributed by atoms with E-state index < -0.39 is 51.8 Å². The molecule has 0 bridgehead atoms. The zero-order valence-electron chi connectivity index (χ0n) is 34.6. The Morgan fingerprint density at radius 3 is 1.55 bits per heavy atom. The molecule has 1 unspecified atom stereocenters. The number of esters is 2. The number of phosphoric acid groups is 1. The van der Waals surface area contributed by atoms with Crippen molar-refractivity contribution >= 4 is 19.8 Å². The number of allylic oxidation sites excluding steroid dienone is 8. The number of hydrogen-bond donors (Lipinski definition) is 3. The largest absolute Gasteiger partial charge is 0.472 e. The van der Waals surface area contributed by atoms with Crippen LogP contribution in [0.15, 0.2) is 48.6 Å². The Morgan fingerprint density at radius 2 is 1.00 bits per heavy atom. The van der Waals surface area contributed by atoms with Crippen molar-refractivity contribution < 1.29 is 47.8 Å². The summed E-state index contributed by atoms with van der Waals surface area (Å²) in [7, 11) is -4.62. The lowest BCUT2D eigenvalue weighted by molar-refractivity contribution is -0.161. The molecule has 0 aromatic heterocycles. The standard InChI is InChI=1S/C44H79O10P/c1-3-5-7-9-11-13-15-17-19-20-22-23-25-27-29-31-33-35-43(47)51-39-42(40-53-55(49,50)52-38-41(46)37-45)54-44(48)36-34-32-30-28-26-24-21-18-16-14-12-10-8-6-4-2/h11,13-14,16-19,21,41-42,45-46H,3-10,12,15,20,22-40H2,1-2H3,(H,49,50)/b13-11+,16-14+,19-17+,21-18+/t41-,42+/m0/s1. The second kappa shape index (κ2) is 40.1. The van der Waals surface area contributed by atoms with Crippen molar-refractivity contribution in [2.24, 2.45) is 0 Å². The number of unbranched alkanes of at least 4 members (excludes halogenated alkanes) is 19. The number of phosphoric ester groups is 1. The molecule has 0 aliphatic rings. The highest BCUT2D eigenvalue weighted by atomic mass is 31.2. The minimum absolute atomic E-state index is 0.164. The Bertz CT molecular complexity index is 1060. The van der Waals surface area contributed by atoms with E-state index in [9.17, 15) is 24.2 Å². The highest BCUT2D eigenvalue weighted by molar-refractivity contribution is 7.47. The first-order valence-electron chi connectivity index (χ1n) is 21.6. The summed E-state index contributed by atoms with van der Waals surface area (Å²) in [5.74, 6) is -0.953. The number of aliphatic hydroxyl groups excluding tert-OH is 2. The quantitative estimate of drug-likeness (QED) is 0.0180. The van der Waals surface area contributed by atoms with Crippen molar-refractivity contribution in [2.45, 2.75) is 193 Å². The Balaban J connectivity index is 4.34. The third kappa shape index (κ3) is 39.9. The van der Waals surface area contributed by atoms with E-state index in [-0.39, 0.29) is 19.4 Å². The first kappa shape index (κ1) is 52.9. The van der Waals surface area contributed by atoms with Gasteiger partial charge in [-0.15, -0.1) is 0 Å². The summed E-state index contributed by atoms with van der Waals surface area (Å²) < 4.78 is 32.7. The van der Waals surface area contributed by atoms with Crippen LogP contribution in [0, 0.1) is 0 Å². The van der Waals surface area contributed by atoms with Crippen LogP contribution in [0.2, 0.25) is 0 Å². The van der Waals surface area contributed by atoms with Crippen molar-refractivity contribution in [1.29, 1.82) is 0 Å². The van der Waals surface area contributed by atoms with Crippen molar-refractivity contribution in [3.05, 3.63) is 48.6 Å². The second-order valence-electron chi connectivity index (χ2n) is 14.4. The predicted octanol–water partition coefficient (Wildman–Crippen LogP) is 11.3. The molecule has 0 aliphatic carbocycles. The Kier molecular flexibility index (Phi) is 38.6. The molecule has 0 aromatic carbocycles. The molecule has 0 amide bonds. The van der Waals surface area contributed by atoms with Gasteiger partial charge in [-0.3, -0.25) is 18.6 Å². The topological polar surface area (TPSA) is 149 Å². The Labute approximate surface area is 334 Å². The van der Waals surface area contributed by atoms with Crippen LogP contribution in [0.5, 0.6) is 0 Å². The van der Waals surface area contributed by atoms with Gasteiger partial charge in [0.05, 0.1) is 19.8 Å². The molecule has 3 N–H and O–H groups in total. The minimum Gasteiger partial charge on any atom is -0.462 e. The fraction of sp³-hybridized carbons (Fsp3) is 0.773. The maximum atomic E-state index is 12.6. The maximum absolute atomic E-state index is 12.6. The van der Waals surface area contributed by atoms with E-state index >= 15 is 0 Å². The molecular formula is C44H79O10P. The summed E-state index contributed by atoms with van der Waals surface area (Å²) in [5, 5.41) is 18.3. The molecule has 0 spiro atoms. The zero-order chi connectivity index (χ0) is 40.5. The summed E-state index contributed by atoms with van der Waals surface area (Å²) in [5.41, 5.74) is 0. The number of aliphatic hydroxyl groups is 2. The van der Waals surface area contributed by atoms with Crippen LogP contribution in [0.4, 0.5) is 0 Å². The van der Waals surface area contributed by atoms with E-state index in [2.05, 4.69) is 67.0 Å². The smallest absolute Gasteiger partial charge is 0.462 e. The van der Waals surface area contributed by atoms with E-state index in [4.69, 9.17) is 19.1 Å². The molecule has 0 fully saturated rings. The van der Waals surface area contributed by atoms with Crippen molar-refractivity contribution in [3.8, 4) is 0 Å². The Hall–Kier alpha value is -2.07. The highest BCUT2D eigenvalue weighted by Crippen LogP contribution is 2.43. The van der Waals surface area contributed by atoms with Gasteiger partial charge in [-0.2, -0.15) is 0 Å². The lowest BCUT2D eigenvalue weighted by atomic mass is 10.1. The van der Waals surface area contributed by atoms with E-state index in [1.807, 2.05) is 0 Å². The average molecular weight is 799 g/mol. The fourth-order valence-electron chi connectivity index (χ4n) is 5.60. The number of carbonyl (C=O) groups excluding carboxylic acids is 2. The van der Waals surface area contributed by atoms with Gasteiger partial charge in [-0.05, 0) is 70.6 Å².